The average Bonchev–Trinajstić information content (AvgIpc) is 3.56. The smallest absolute Gasteiger partial charge is 0.193 e. The van der Waals surface area contributed by atoms with E-state index in [4.69, 9.17) is 0 Å². The number of ketones is 1. The first-order valence-electron chi connectivity index (χ1n) is 13.5. The minimum Gasteiger partial charge on any atom is -0.360 e. The van der Waals surface area contributed by atoms with E-state index in [0.717, 1.165) is 87.0 Å². The first-order valence-corrected chi connectivity index (χ1v) is 13.5. The first kappa shape index (κ1) is 26.8. The fourth-order valence-corrected chi connectivity index (χ4v) is 4.87. The van der Waals surface area contributed by atoms with Gasteiger partial charge in [0.25, 0.3) is 0 Å². The number of aliphatic imine (C=N–C) groups is 1. The van der Waals surface area contributed by atoms with Gasteiger partial charge in [-0.25, -0.2) is 4.98 Å². The zero-order valence-corrected chi connectivity index (χ0v) is 22.5. The molecule has 7 heteroatoms. The van der Waals surface area contributed by atoms with Crippen LogP contribution in [-0.4, -0.2) is 76.1 Å². The van der Waals surface area contributed by atoms with Crippen LogP contribution in [0.1, 0.15) is 59.6 Å². The lowest BCUT2D eigenvalue weighted by molar-refractivity contribution is 0.103. The number of nitrogens with zero attached hydrogens (tertiary/aromatic N) is 5. The Labute approximate surface area is 221 Å². The van der Waals surface area contributed by atoms with Gasteiger partial charge < -0.3 is 9.88 Å². The lowest BCUT2D eigenvalue weighted by atomic mass is 10.00. The summed E-state index contributed by atoms with van der Waals surface area (Å²) >= 11 is 0. The number of H-pyrrole nitrogens is 1. The summed E-state index contributed by atoms with van der Waals surface area (Å²) in [6, 6.07) is 16.1. The third-order valence-electron chi connectivity index (χ3n) is 6.76. The number of carbonyl (C=O) groups is 1. The van der Waals surface area contributed by atoms with Gasteiger partial charge in [0.15, 0.2) is 5.78 Å². The fraction of sp³-hybridized carbons (Fsp3) is 0.433. The Morgan fingerprint density at radius 2 is 1.68 bits per heavy atom. The van der Waals surface area contributed by atoms with E-state index in [9.17, 15) is 4.79 Å². The van der Waals surface area contributed by atoms with Gasteiger partial charge in [0, 0.05) is 50.2 Å². The van der Waals surface area contributed by atoms with Crippen molar-refractivity contribution in [2.75, 3.05) is 39.8 Å². The van der Waals surface area contributed by atoms with Gasteiger partial charge in [0.05, 0.1) is 19.6 Å². The Hall–Kier alpha value is -3.29. The van der Waals surface area contributed by atoms with Crippen LogP contribution >= 0.6 is 0 Å². The van der Waals surface area contributed by atoms with Crippen molar-refractivity contribution in [3.63, 3.8) is 0 Å². The third-order valence-corrected chi connectivity index (χ3v) is 6.76. The van der Waals surface area contributed by atoms with Gasteiger partial charge in [-0.05, 0) is 43.1 Å². The van der Waals surface area contributed by atoms with Crippen LogP contribution in [0.3, 0.4) is 0 Å². The van der Waals surface area contributed by atoms with Crippen molar-refractivity contribution < 1.29 is 4.79 Å². The molecule has 0 atom stereocenters. The van der Waals surface area contributed by atoms with Crippen molar-refractivity contribution in [2.45, 2.75) is 46.3 Å². The second-order valence-electron chi connectivity index (χ2n) is 9.90. The van der Waals surface area contributed by atoms with E-state index in [1.165, 1.54) is 5.56 Å². The van der Waals surface area contributed by atoms with Crippen molar-refractivity contribution in [1.29, 1.82) is 0 Å². The van der Waals surface area contributed by atoms with Gasteiger partial charge >= 0.3 is 0 Å². The van der Waals surface area contributed by atoms with Gasteiger partial charge in [0.2, 0.25) is 0 Å². The normalized spacial score (nSPS) is 13.5. The average molecular weight is 501 g/mol. The summed E-state index contributed by atoms with van der Waals surface area (Å²) in [5.74, 6) is 2.11. The number of hydrogen-bond donors (Lipinski definition) is 1. The molecule has 37 heavy (non-hydrogen) atoms. The molecule has 0 bridgehead atoms. The molecule has 1 N–H and O–H groups in total. The van der Waals surface area contributed by atoms with Crippen LogP contribution in [0.15, 0.2) is 65.9 Å². The van der Waals surface area contributed by atoms with Gasteiger partial charge in [-0.2, -0.15) is 0 Å². The fourth-order valence-electron chi connectivity index (χ4n) is 4.87. The molecule has 0 spiro atoms. The molecule has 0 amide bonds. The predicted molar refractivity (Wildman–Crippen MR) is 150 cm³/mol. The lowest BCUT2D eigenvalue weighted by Gasteiger charge is -2.24. The summed E-state index contributed by atoms with van der Waals surface area (Å²) in [6.07, 6.45) is 5.91. The van der Waals surface area contributed by atoms with Crippen LogP contribution in [0, 0.1) is 0 Å². The first-order chi connectivity index (χ1) is 18.1. The second-order valence-corrected chi connectivity index (χ2v) is 9.90. The van der Waals surface area contributed by atoms with Crippen LogP contribution in [-0.2, 0) is 19.6 Å². The zero-order valence-electron chi connectivity index (χ0n) is 22.5. The Morgan fingerprint density at radius 3 is 2.32 bits per heavy atom. The van der Waals surface area contributed by atoms with Crippen molar-refractivity contribution in [3.8, 4) is 0 Å². The summed E-state index contributed by atoms with van der Waals surface area (Å²) in [5.41, 5.74) is 3.82. The minimum absolute atomic E-state index is 0.0697. The standard InChI is InChI=1S/C30H40N6O/c1-4-16-35(17-5-2)21-25-7-6-8-27(19-25)30(37)26-11-9-24(10-12-26)20-36(22-28-31-13-14-32-28)23-29-33-15-18-34(29)3/h6-14,19H,4-5,15-18,20-23H2,1-3H3,(H,31,32). The van der Waals surface area contributed by atoms with Gasteiger partial charge in [-0.3, -0.25) is 19.6 Å². The topological polar surface area (TPSA) is 67.8 Å². The monoisotopic (exact) mass is 500 g/mol. The number of aromatic amines is 1. The Balaban J connectivity index is 1.43. The van der Waals surface area contributed by atoms with Crippen LogP contribution < -0.4 is 0 Å². The molecule has 7 nitrogen and oxygen atoms in total. The third kappa shape index (κ3) is 7.60. The molecule has 0 aliphatic carbocycles. The quantitative estimate of drug-likeness (QED) is 0.328. The largest absolute Gasteiger partial charge is 0.360 e. The molecule has 1 aromatic heterocycles. The molecule has 0 radical (unpaired) electrons. The molecular formula is C30H40N6O. The number of amidine groups is 1. The number of hydrogen-bond acceptors (Lipinski definition) is 6. The van der Waals surface area contributed by atoms with Crippen molar-refractivity contribution in [3.05, 3.63) is 89.0 Å². The zero-order chi connectivity index (χ0) is 26.0. The summed E-state index contributed by atoms with van der Waals surface area (Å²) in [4.78, 5) is 32.6. The molecule has 0 saturated heterocycles. The molecule has 4 rings (SSSR count). The number of aromatic nitrogens is 2. The molecule has 3 aromatic rings. The summed E-state index contributed by atoms with van der Waals surface area (Å²) in [7, 11) is 2.09. The summed E-state index contributed by atoms with van der Waals surface area (Å²) in [5, 5.41) is 0. The Morgan fingerprint density at radius 1 is 0.919 bits per heavy atom. The highest BCUT2D eigenvalue weighted by molar-refractivity contribution is 6.09. The number of rotatable bonds is 14. The Bertz CT molecular complexity index is 1150. The van der Waals surface area contributed by atoms with Crippen LogP contribution in [0.5, 0.6) is 0 Å². The molecule has 196 valence electrons. The number of benzene rings is 2. The maximum absolute atomic E-state index is 13.3. The van der Waals surface area contributed by atoms with Gasteiger partial charge in [-0.15, -0.1) is 0 Å². The minimum atomic E-state index is 0.0697. The number of nitrogens with one attached hydrogen (secondary N) is 1. The molecule has 2 heterocycles. The Kier molecular flexibility index (Phi) is 9.63. The van der Waals surface area contributed by atoms with Crippen molar-refractivity contribution in [1.82, 2.24) is 24.7 Å². The summed E-state index contributed by atoms with van der Waals surface area (Å²) in [6.45, 7) is 11.5. The van der Waals surface area contributed by atoms with Gasteiger partial charge in [0.1, 0.15) is 11.7 Å². The summed E-state index contributed by atoms with van der Waals surface area (Å²) < 4.78 is 0. The molecule has 1 aliphatic rings. The molecule has 1 aliphatic heterocycles. The highest BCUT2D eigenvalue weighted by Gasteiger charge is 2.18. The number of likely N-dealkylation sites (N-methyl/N-ethyl adjacent to an activating group) is 1. The van der Waals surface area contributed by atoms with E-state index in [1.54, 1.807) is 6.20 Å². The van der Waals surface area contributed by atoms with Crippen LogP contribution in [0.2, 0.25) is 0 Å². The van der Waals surface area contributed by atoms with E-state index in [1.807, 2.05) is 30.5 Å². The number of imidazole rings is 1. The van der Waals surface area contributed by atoms with E-state index in [0.29, 0.717) is 6.54 Å². The van der Waals surface area contributed by atoms with E-state index >= 15 is 0 Å². The lowest BCUT2D eigenvalue weighted by Crippen LogP contribution is -2.36. The maximum Gasteiger partial charge on any atom is 0.193 e. The van der Waals surface area contributed by atoms with E-state index in [2.05, 4.69) is 74.8 Å². The molecule has 0 saturated carbocycles. The SMILES string of the molecule is CCCN(CCC)Cc1cccc(C(=O)c2ccc(CN(CC3=NCCN3C)Cc3ncc[nH]3)cc2)c1. The molecule has 2 aromatic carbocycles. The number of carbonyl (C=O) groups excluding carboxylic acids is 1. The van der Waals surface area contributed by atoms with E-state index in [-0.39, 0.29) is 5.78 Å². The highest BCUT2D eigenvalue weighted by Crippen LogP contribution is 2.16. The maximum atomic E-state index is 13.3. The molecular weight excluding hydrogens is 460 g/mol. The van der Waals surface area contributed by atoms with Crippen LogP contribution in [0.4, 0.5) is 0 Å². The molecule has 0 fully saturated rings. The van der Waals surface area contributed by atoms with Gasteiger partial charge in [-0.1, -0.05) is 56.3 Å². The second kappa shape index (κ2) is 13.3. The van der Waals surface area contributed by atoms with Crippen molar-refractivity contribution in [2.24, 2.45) is 4.99 Å². The predicted octanol–water partition coefficient (Wildman–Crippen LogP) is 4.61. The van der Waals surface area contributed by atoms with Crippen LogP contribution in [0.25, 0.3) is 0 Å². The van der Waals surface area contributed by atoms with E-state index < -0.39 is 0 Å². The molecule has 0 unspecified atom stereocenters. The van der Waals surface area contributed by atoms with Crippen molar-refractivity contribution >= 4 is 11.6 Å². The highest BCUT2D eigenvalue weighted by atomic mass is 16.1.